The van der Waals surface area contributed by atoms with Gasteiger partial charge in [-0.15, -0.1) is 0 Å². The quantitative estimate of drug-likeness (QED) is 0.321. The topological polar surface area (TPSA) is 54.4 Å². The Hall–Kier alpha value is -4.51. The lowest BCUT2D eigenvalue weighted by Gasteiger charge is -2.25. The van der Waals surface area contributed by atoms with Crippen molar-refractivity contribution in [2.24, 2.45) is 0 Å². The van der Waals surface area contributed by atoms with Crippen LogP contribution >= 0.6 is 0 Å². The highest BCUT2D eigenvalue weighted by Gasteiger charge is 2.23. The molecule has 33 heavy (non-hydrogen) atoms. The molecule has 3 aromatic heterocycles. The van der Waals surface area contributed by atoms with Crippen LogP contribution in [0.1, 0.15) is 11.3 Å². The Balaban J connectivity index is 1.52. The molecule has 0 radical (unpaired) electrons. The highest BCUT2D eigenvalue weighted by molar-refractivity contribution is 6.04. The first-order chi connectivity index (χ1) is 16.4. The average molecular weight is 429 g/mol. The van der Waals surface area contributed by atoms with Gasteiger partial charge in [-0.05, 0) is 54.6 Å². The zero-order chi connectivity index (χ0) is 21.8. The summed E-state index contributed by atoms with van der Waals surface area (Å²) in [6.45, 7) is 0.720. The zero-order valence-electron chi connectivity index (χ0n) is 17.7. The molecule has 0 fully saturated rings. The number of nitrogens with zero attached hydrogens (tertiary/aromatic N) is 2. The Morgan fingerprint density at radius 3 is 2.55 bits per heavy atom. The minimum absolute atomic E-state index is 0.720. The van der Waals surface area contributed by atoms with Gasteiger partial charge in [0, 0.05) is 29.4 Å². The van der Waals surface area contributed by atoms with E-state index in [1.807, 2.05) is 72.9 Å². The summed E-state index contributed by atoms with van der Waals surface area (Å²) >= 11 is 0. The zero-order valence-corrected chi connectivity index (χ0v) is 17.7. The molecule has 0 saturated heterocycles. The molecule has 0 saturated carbocycles. The summed E-state index contributed by atoms with van der Waals surface area (Å²) in [7, 11) is 0. The Morgan fingerprint density at radius 2 is 1.61 bits per heavy atom. The molecule has 158 valence electrons. The number of hydrogen-bond donors (Lipinski definition) is 1. The van der Waals surface area contributed by atoms with E-state index in [0.717, 1.165) is 68.1 Å². The van der Waals surface area contributed by atoms with Crippen molar-refractivity contribution in [2.45, 2.75) is 6.54 Å². The molecule has 4 heterocycles. The fourth-order valence-corrected chi connectivity index (χ4v) is 4.68. The molecule has 6 aromatic rings. The second kappa shape index (κ2) is 7.00. The van der Waals surface area contributed by atoms with Gasteiger partial charge in [0.05, 0.1) is 11.1 Å². The normalized spacial score (nSPS) is 12.8. The van der Waals surface area contributed by atoms with Gasteiger partial charge in [-0.2, -0.15) is 0 Å². The molecule has 0 unspecified atom stereocenters. The van der Waals surface area contributed by atoms with Crippen LogP contribution in [-0.4, -0.2) is 4.98 Å². The van der Waals surface area contributed by atoms with Gasteiger partial charge >= 0.3 is 0 Å². The largest absolute Gasteiger partial charge is 0.456 e. The highest BCUT2D eigenvalue weighted by atomic mass is 16.3. The van der Waals surface area contributed by atoms with Crippen molar-refractivity contribution in [2.75, 3.05) is 4.90 Å². The molecule has 5 nitrogen and oxygen atoms in total. The van der Waals surface area contributed by atoms with Crippen molar-refractivity contribution >= 4 is 56.3 Å². The molecule has 0 spiro atoms. The average Bonchev–Trinajstić information content (AvgIpc) is 3.43. The van der Waals surface area contributed by atoms with Crippen molar-refractivity contribution in [1.29, 1.82) is 0 Å². The maximum Gasteiger partial charge on any atom is 0.154 e. The standard InChI is InChI=1S/C28H19N3O2/c1-2-7-18(8-3-1)31(21-10-6-12-24-27(21)20-17-29-16-15-23(20)32-24)26-14-13-25-28(30-26)19-9-4-5-11-22(19)33-25/h1-16,29H,17H2. The number of pyridine rings is 1. The predicted molar refractivity (Wildman–Crippen MR) is 132 cm³/mol. The fraction of sp³-hybridized carbons (Fsp3) is 0.0357. The van der Waals surface area contributed by atoms with Crippen LogP contribution < -0.4 is 10.2 Å². The number of anilines is 3. The van der Waals surface area contributed by atoms with Crippen molar-refractivity contribution in [3.8, 4) is 0 Å². The molecular formula is C28H19N3O2. The van der Waals surface area contributed by atoms with Crippen LogP contribution in [0.15, 0.2) is 100.0 Å². The Labute approximate surface area is 189 Å². The Bertz CT molecular complexity index is 1680. The molecule has 1 aliphatic rings. The lowest BCUT2D eigenvalue weighted by atomic mass is 10.1. The summed E-state index contributed by atoms with van der Waals surface area (Å²) in [4.78, 5) is 7.28. The van der Waals surface area contributed by atoms with Crippen LogP contribution in [0.3, 0.4) is 0 Å². The first-order valence-corrected chi connectivity index (χ1v) is 10.9. The second-order valence-electron chi connectivity index (χ2n) is 8.09. The van der Waals surface area contributed by atoms with Gasteiger partial charge in [0.1, 0.15) is 28.3 Å². The number of fused-ring (bicyclic) bond motifs is 6. The Kier molecular flexibility index (Phi) is 3.84. The van der Waals surface area contributed by atoms with E-state index < -0.39 is 0 Å². The van der Waals surface area contributed by atoms with E-state index in [-0.39, 0.29) is 0 Å². The monoisotopic (exact) mass is 429 g/mol. The van der Waals surface area contributed by atoms with Gasteiger partial charge in [-0.1, -0.05) is 36.4 Å². The Morgan fingerprint density at radius 1 is 0.758 bits per heavy atom. The molecule has 1 N–H and O–H groups in total. The van der Waals surface area contributed by atoms with Crippen molar-refractivity contribution in [3.05, 3.63) is 102 Å². The minimum atomic E-state index is 0.720. The van der Waals surface area contributed by atoms with E-state index >= 15 is 0 Å². The van der Waals surface area contributed by atoms with Crippen LogP contribution in [0.5, 0.6) is 0 Å². The lowest BCUT2D eigenvalue weighted by Crippen LogP contribution is -2.13. The van der Waals surface area contributed by atoms with E-state index in [9.17, 15) is 0 Å². The van der Waals surface area contributed by atoms with Crippen LogP contribution in [0.4, 0.5) is 17.2 Å². The van der Waals surface area contributed by atoms with Gasteiger partial charge in [0.15, 0.2) is 5.58 Å². The van der Waals surface area contributed by atoms with Crippen molar-refractivity contribution < 1.29 is 8.83 Å². The van der Waals surface area contributed by atoms with Gasteiger partial charge in [-0.3, -0.25) is 4.90 Å². The highest BCUT2D eigenvalue weighted by Crippen LogP contribution is 2.42. The smallest absolute Gasteiger partial charge is 0.154 e. The van der Waals surface area contributed by atoms with Crippen LogP contribution in [0.25, 0.3) is 39.1 Å². The number of hydrogen-bond acceptors (Lipinski definition) is 5. The van der Waals surface area contributed by atoms with E-state index in [0.29, 0.717) is 0 Å². The molecule has 0 atom stereocenters. The summed E-state index contributed by atoms with van der Waals surface area (Å²) in [6, 6.07) is 28.5. The summed E-state index contributed by atoms with van der Waals surface area (Å²) in [5, 5.41) is 5.42. The summed E-state index contributed by atoms with van der Waals surface area (Å²) in [5.41, 5.74) is 6.54. The van der Waals surface area contributed by atoms with E-state index in [1.165, 1.54) is 0 Å². The second-order valence-corrected chi connectivity index (χ2v) is 8.09. The fourth-order valence-electron chi connectivity index (χ4n) is 4.68. The van der Waals surface area contributed by atoms with E-state index in [4.69, 9.17) is 13.8 Å². The summed E-state index contributed by atoms with van der Waals surface area (Å²) < 4.78 is 12.2. The maximum absolute atomic E-state index is 6.18. The third-order valence-electron chi connectivity index (χ3n) is 6.14. The SMILES string of the molecule is C1=Cc2oc3cccc(N(c4ccccc4)c4ccc5oc6ccccc6c5n4)c3c2CN1. The van der Waals surface area contributed by atoms with Crippen LogP contribution in [0.2, 0.25) is 0 Å². The van der Waals surface area contributed by atoms with Gasteiger partial charge in [0.2, 0.25) is 0 Å². The van der Waals surface area contributed by atoms with Gasteiger partial charge in [0.25, 0.3) is 0 Å². The number of para-hydroxylation sites is 2. The number of nitrogens with one attached hydrogen (secondary N) is 1. The molecular weight excluding hydrogens is 410 g/mol. The summed E-state index contributed by atoms with van der Waals surface area (Å²) in [6.07, 6.45) is 3.91. The number of furan rings is 2. The number of benzene rings is 3. The lowest BCUT2D eigenvalue weighted by molar-refractivity contribution is 0.592. The number of rotatable bonds is 3. The minimum Gasteiger partial charge on any atom is -0.456 e. The van der Waals surface area contributed by atoms with E-state index in [1.54, 1.807) is 0 Å². The predicted octanol–water partition coefficient (Wildman–Crippen LogP) is 7.27. The molecule has 1 aliphatic heterocycles. The van der Waals surface area contributed by atoms with Gasteiger partial charge in [-0.25, -0.2) is 4.98 Å². The molecule has 0 aliphatic carbocycles. The molecule has 0 bridgehead atoms. The summed E-state index contributed by atoms with van der Waals surface area (Å²) in [5.74, 6) is 1.72. The molecule has 0 amide bonds. The van der Waals surface area contributed by atoms with Crippen molar-refractivity contribution in [1.82, 2.24) is 10.3 Å². The number of aromatic nitrogens is 1. The third kappa shape index (κ3) is 2.76. The molecule has 5 heteroatoms. The van der Waals surface area contributed by atoms with Crippen molar-refractivity contribution in [3.63, 3.8) is 0 Å². The maximum atomic E-state index is 6.18. The first-order valence-electron chi connectivity index (χ1n) is 10.9. The van der Waals surface area contributed by atoms with Crippen LogP contribution in [-0.2, 0) is 6.54 Å². The van der Waals surface area contributed by atoms with E-state index in [2.05, 4.69) is 34.5 Å². The van der Waals surface area contributed by atoms with Crippen LogP contribution in [0, 0.1) is 0 Å². The first kappa shape index (κ1) is 18.1. The third-order valence-corrected chi connectivity index (χ3v) is 6.14. The molecule has 3 aromatic carbocycles. The molecule has 7 rings (SSSR count). The van der Waals surface area contributed by atoms with Gasteiger partial charge < -0.3 is 14.2 Å².